The second kappa shape index (κ2) is 6.24. The number of amides is 1. The Morgan fingerprint density at radius 2 is 2.24 bits per heavy atom. The van der Waals surface area contributed by atoms with Gasteiger partial charge in [0, 0.05) is 34.9 Å². The first-order valence-corrected chi connectivity index (χ1v) is 6.72. The predicted octanol–water partition coefficient (Wildman–Crippen LogP) is 0.509. The Bertz CT molecular complexity index is 433. The molecular weight excluding hydrogens is 242 g/mol. The predicted molar refractivity (Wildman–Crippen MR) is 65.9 cm³/mol. The number of hydrogen-bond donors (Lipinski definition) is 2. The van der Waals surface area contributed by atoms with E-state index in [0.29, 0.717) is 23.6 Å². The van der Waals surface area contributed by atoms with Crippen LogP contribution in [0.15, 0.2) is 18.2 Å². The topological polar surface area (TPSA) is 75.6 Å². The molecule has 1 aromatic rings. The SMILES string of the molecule is COc1ccc(C(=O)NCCS(C)=O)cc1O. The fraction of sp³-hybridized carbons (Fsp3) is 0.364. The molecular formula is C11H15NO4S. The maximum absolute atomic E-state index is 11.6. The molecule has 1 atom stereocenters. The van der Waals surface area contributed by atoms with Gasteiger partial charge in [-0.2, -0.15) is 0 Å². The van der Waals surface area contributed by atoms with E-state index in [1.807, 2.05) is 0 Å². The molecule has 1 rings (SSSR count). The first kappa shape index (κ1) is 13.5. The van der Waals surface area contributed by atoms with Crippen LogP contribution in [0.4, 0.5) is 0 Å². The lowest BCUT2D eigenvalue weighted by molar-refractivity contribution is 0.0955. The van der Waals surface area contributed by atoms with E-state index in [-0.39, 0.29) is 11.7 Å². The van der Waals surface area contributed by atoms with E-state index in [1.165, 1.54) is 19.2 Å². The van der Waals surface area contributed by atoms with Crippen LogP contribution >= 0.6 is 0 Å². The Balaban J connectivity index is 2.63. The maximum atomic E-state index is 11.6. The van der Waals surface area contributed by atoms with Gasteiger partial charge in [-0.3, -0.25) is 9.00 Å². The molecule has 5 nitrogen and oxygen atoms in total. The van der Waals surface area contributed by atoms with Crippen LogP contribution in [0.25, 0.3) is 0 Å². The van der Waals surface area contributed by atoms with Gasteiger partial charge in [-0.05, 0) is 18.2 Å². The molecule has 0 fully saturated rings. The molecule has 0 heterocycles. The van der Waals surface area contributed by atoms with E-state index < -0.39 is 10.8 Å². The third-order valence-electron chi connectivity index (χ3n) is 2.12. The van der Waals surface area contributed by atoms with Crippen molar-refractivity contribution in [3.05, 3.63) is 23.8 Å². The molecule has 0 aliphatic rings. The maximum Gasteiger partial charge on any atom is 0.251 e. The fourth-order valence-electron chi connectivity index (χ4n) is 1.24. The summed E-state index contributed by atoms with van der Waals surface area (Å²) < 4.78 is 15.7. The summed E-state index contributed by atoms with van der Waals surface area (Å²) in [4.78, 5) is 11.6. The van der Waals surface area contributed by atoms with E-state index in [2.05, 4.69) is 5.32 Å². The zero-order valence-electron chi connectivity index (χ0n) is 9.73. The van der Waals surface area contributed by atoms with E-state index in [9.17, 15) is 14.1 Å². The average Bonchev–Trinajstić information content (AvgIpc) is 2.28. The van der Waals surface area contributed by atoms with E-state index in [4.69, 9.17) is 4.74 Å². The number of aromatic hydroxyl groups is 1. The molecule has 0 aliphatic heterocycles. The molecule has 94 valence electrons. The number of ether oxygens (including phenoxy) is 1. The van der Waals surface area contributed by atoms with Gasteiger partial charge in [0.15, 0.2) is 11.5 Å². The van der Waals surface area contributed by atoms with Crippen LogP contribution in [-0.2, 0) is 10.8 Å². The van der Waals surface area contributed by atoms with Crippen molar-refractivity contribution < 1.29 is 18.8 Å². The zero-order chi connectivity index (χ0) is 12.8. The Kier molecular flexibility index (Phi) is 4.96. The van der Waals surface area contributed by atoms with Crippen molar-refractivity contribution in [3.8, 4) is 11.5 Å². The number of nitrogens with one attached hydrogen (secondary N) is 1. The number of carbonyl (C=O) groups is 1. The summed E-state index contributed by atoms with van der Waals surface area (Å²) in [7, 11) is 0.504. The van der Waals surface area contributed by atoms with Crippen LogP contribution in [-0.4, -0.2) is 40.9 Å². The molecule has 0 spiro atoms. The smallest absolute Gasteiger partial charge is 0.251 e. The Morgan fingerprint density at radius 3 is 2.76 bits per heavy atom. The van der Waals surface area contributed by atoms with E-state index >= 15 is 0 Å². The minimum absolute atomic E-state index is 0.0841. The van der Waals surface area contributed by atoms with Crippen LogP contribution in [0.3, 0.4) is 0 Å². The van der Waals surface area contributed by atoms with Crippen molar-refractivity contribution in [2.24, 2.45) is 0 Å². The molecule has 0 bridgehead atoms. The molecule has 1 amide bonds. The highest BCUT2D eigenvalue weighted by Crippen LogP contribution is 2.25. The number of hydrogen-bond acceptors (Lipinski definition) is 4. The quantitative estimate of drug-likeness (QED) is 0.806. The van der Waals surface area contributed by atoms with Gasteiger partial charge in [-0.15, -0.1) is 0 Å². The van der Waals surface area contributed by atoms with Gasteiger partial charge in [0.25, 0.3) is 5.91 Å². The summed E-state index contributed by atoms with van der Waals surface area (Å²) in [5, 5.41) is 12.1. The lowest BCUT2D eigenvalue weighted by Crippen LogP contribution is -2.27. The summed E-state index contributed by atoms with van der Waals surface area (Å²) in [5.41, 5.74) is 0.338. The van der Waals surface area contributed by atoms with Gasteiger partial charge >= 0.3 is 0 Å². The largest absolute Gasteiger partial charge is 0.504 e. The molecule has 1 aromatic carbocycles. The van der Waals surface area contributed by atoms with Gasteiger partial charge in [-0.1, -0.05) is 0 Å². The normalized spacial score (nSPS) is 11.9. The van der Waals surface area contributed by atoms with Gasteiger partial charge in [-0.25, -0.2) is 0 Å². The van der Waals surface area contributed by atoms with Crippen LogP contribution in [0.2, 0.25) is 0 Å². The Morgan fingerprint density at radius 1 is 1.53 bits per heavy atom. The van der Waals surface area contributed by atoms with Crippen LogP contribution in [0.5, 0.6) is 11.5 Å². The molecule has 2 N–H and O–H groups in total. The number of carbonyl (C=O) groups excluding carboxylic acids is 1. The average molecular weight is 257 g/mol. The van der Waals surface area contributed by atoms with Crippen molar-refractivity contribution in [2.75, 3.05) is 25.7 Å². The zero-order valence-corrected chi connectivity index (χ0v) is 10.5. The minimum atomic E-state index is -0.932. The highest BCUT2D eigenvalue weighted by atomic mass is 32.2. The summed E-state index contributed by atoms with van der Waals surface area (Å²) in [6, 6.07) is 4.40. The molecule has 6 heteroatoms. The van der Waals surface area contributed by atoms with Crippen molar-refractivity contribution in [3.63, 3.8) is 0 Å². The monoisotopic (exact) mass is 257 g/mol. The third-order valence-corrected chi connectivity index (χ3v) is 2.90. The van der Waals surface area contributed by atoms with Gasteiger partial charge in [0.05, 0.1) is 7.11 Å². The molecule has 0 aromatic heterocycles. The lowest BCUT2D eigenvalue weighted by atomic mass is 10.2. The Labute approximate surface area is 102 Å². The summed E-state index contributed by atoms with van der Waals surface area (Å²) in [6.45, 7) is 0.342. The molecule has 17 heavy (non-hydrogen) atoms. The van der Waals surface area contributed by atoms with Gasteiger partial charge in [0.1, 0.15) is 0 Å². The number of rotatable bonds is 5. The van der Waals surface area contributed by atoms with Crippen molar-refractivity contribution in [1.29, 1.82) is 0 Å². The fourth-order valence-corrected chi connectivity index (χ4v) is 1.63. The lowest BCUT2D eigenvalue weighted by Gasteiger charge is -2.07. The molecule has 0 radical (unpaired) electrons. The first-order chi connectivity index (χ1) is 8.04. The number of phenolic OH excluding ortho intramolecular Hbond substituents is 1. The van der Waals surface area contributed by atoms with Crippen molar-refractivity contribution in [2.45, 2.75) is 0 Å². The first-order valence-electron chi connectivity index (χ1n) is 5.00. The Hall–Kier alpha value is -1.56. The molecule has 0 saturated carbocycles. The molecule has 0 aliphatic carbocycles. The summed E-state index contributed by atoms with van der Waals surface area (Å²) in [6.07, 6.45) is 1.57. The van der Waals surface area contributed by atoms with Crippen LogP contribution in [0.1, 0.15) is 10.4 Å². The second-order valence-electron chi connectivity index (χ2n) is 3.42. The van der Waals surface area contributed by atoms with Crippen LogP contribution in [0, 0.1) is 0 Å². The minimum Gasteiger partial charge on any atom is -0.504 e. The van der Waals surface area contributed by atoms with Crippen molar-refractivity contribution >= 4 is 16.7 Å². The van der Waals surface area contributed by atoms with Gasteiger partial charge < -0.3 is 15.2 Å². The van der Waals surface area contributed by atoms with E-state index in [1.54, 1.807) is 12.3 Å². The number of benzene rings is 1. The van der Waals surface area contributed by atoms with Crippen LogP contribution < -0.4 is 10.1 Å². The highest BCUT2D eigenvalue weighted by molar-refractivity contribution is 7.84. The number of methoxy groups -OCH3 is 1. The van der Waals surface area contributed by atoms with E-state index in [0.717, 1.165) is 0 Å². The number of phenols is 1. The van der Waals surface area contributed by atoms with Crippen molar-refractivity contribution in [1.82, 2.24) is 5.32 Å². The highest BCUT2D eigenvalue weighted by Gasteiger charge is 2.09. The third kappa shape index (κ3) is 4.07. The molecule has 0 saturated heterocycles. The summed E-state index contributed by atoms with van der Waals surface area (Å²) in [5.74, 6) is 0.331. The standard InChI is InChI=1S/C11H15NO4S/c1-16-10-4-3-8(7-9(10)13)11(14)12-5-6-17(2)15/h3-4,7,13H,5-6H2,1-2H3,(H,12,14). The second-order valence-corrected chi connectivity index (χ2v) is 4.97. The molecule has 1 unspecified atom stereocenters. The van der Waals surface area contributed by atoms with Gasteiger partial charge in [0.2, 0.25) is 0 Å². The summed E-state index contributed by atoms with van der Waals surface area (Å²) >= 11 is 0.